The van der Waals surface area contributed by atoms with Crippen molar-refractivity contribution in [2.45, 2.75) is 43.1 Å². The summed E-state index contributed by atoms with van der Waals surface area (Å²) in [5.41, 5.74) is 6.46. The number of thiol groups is 2. The number of carbonyl (C=O) groups is 1. The molecule has 7 heterocycles. The topological polar surface area (TPSA) is 234 Å². The smallest absolute Gasteiger partial charge is 0.382 e. The number of aromatic nitrogens is 6. The van der Waals surface area contributed by atoms with E-state index >= 15 is 4.39 Å². The van der Waals surface area contributed by atoms with E-state index in [0.717, 1.165) is 0 Å². The Morgan fingerprint density at radius 1 is 1.02 bits per heavy atom. The van der Waals surface area contributed by atoms with Crippen LogP contribution in [-0.2, 0) is 32.0 Å². The summed E-state index contributed by atoms with van der Waals surface area (Å²) in [5, 5.41) is 14.4. The number of hydrogen-bond donors (Lipinski definition) is 4. The Labute approximate surface area is 268 Å². The van der Waals surface area contributed by atoms with Gasteiger partial charge < -0.3 is 29.4 Å². The van der Waals surface area contributed by atoms with Crippen LogP contribution < -0.4 is 11.1 Å². The number of nitrogens with one attached hydrogen (secondary N) is 1. The lowest BCUT2D eigenvalue weighted by molar-refractivity contribution is -0.0408. The van der Waals surface area contributed by atoms with Crippen LogP contribution in [0.15, 0.2) is 34.4 Å². The van der Waals surface area contributed by atoms with Crippen LogP contribution in [0.2, 0.25) is 0 Å². The van der Waals surface area contributed by atoms with Crippen molar-refractivity contribution in [1.29, 1.82) is 0 Å². The SMILES string of the molecule is Nc1ncnc2c1ncn2[C@@H]1O[C@@H]2CO[P@](=O)(S)OC[C@@H]3[C@@H](CO[P@@](=O)(S)O[C@H]2[C@H]1F)C[C@H]3n1cnc2c1NC1=NN=NC1C2=O. The van der Waals surface area contributed by atoms with Crippen LogP contribution in [0.1, 0.15) is 29.2 Å². The molecule has 24 heteroatoms. The highest BCUT2D eigenvalue weighted by Gasteiger charge is 2.52. The van der Waals surface area contributed by atoms with Crippen molar-refractivity contribution >= 4 is 72.5 Å². The van der Waals surface area contributed by atoms with Gasteiger partial charge in [-0.05, 0) is 17.6 Å². The van der Waals surface area contributed by atoms with Gasteiger partial charge in [0, 0.05) is 12.0 Å². The van der Waals surface area contributed by atoms with E-state index in [1.165, 1.54) is 23.5 Å². The number of nitrogens with two attached hydrogens (primary N) is 1. The summed E-state index contributed by atoms with van der Waals surface area (Å²) < 4.78 is 74.2. The Bertz CT molecular complexity index is 1910. The maximum Gasteiger partial charge on any atom is 0.386 e. The number of hydrogen-bond acceptors (Lipinski definition) is 17. The molecule has 10 atom stereocenters. The van der Waals surface area contributed by atoms with Crippen molar-refractivity contribution in [3.05, 3.63) is 24.7 Å². The van der Waals surface area contributed by atoms with Crippen LogP contribution in [0.25, 0.3) is 11.2 Å². The van der Waals surface area contributed by atoms with E-state index in [1.54, 1.807) is 4.57 Å². The highest BCUT2D eigenvalue weighted by molar-refractivity contribution is 8.44. The van der Waals surface area contributed by atoms with Crippen molar-refractivity contribution in [1.82, 2.24) is 29.1 Å². The number of Topliss-reactive ketones (excluding diaryl/α,β-unsaturated/α-hetero) is 1. The quantitative estimate of drug-likeness (QED) is 0.221. The number of amidine groups is 1. The fraction of sp³-hybridized carbons (Fsp3) is 0.545. The summed E-state index contributed by atoms with van der Waals surface area (Å²) in [6, 6.07) is -1.18. The predicted octanol–water partition coefficient (Wildman–Crippen LogP) is 3.00. The molecule has 2 saturated heterocycles. The maximum absolute atomic E-state index is 16.0. The largest absolute Gasteiger partial charge is 0.386 e. The minimum atomic E-state index is -4.19. The molecule has 0 spiro atoms. The van der Waals surface area contributed by atoms with Crippen molar-refractivity contribution in [3.63, 3.8) is 0 Å². The molecule has 1 aliphatic carbocycles. The molecule has 1 unspecified atom stereocenters. The van der Waals surface area contributed by atoms with Crippen LogP contribution in [0.4, 0.5) is 16.0 Å². The third-order valence-corrected chi connectivity index (χ3v) is 11.8. The third-order valence-electron chi connectivity index (χ3n) is 8.57. The molecule has 3 fully saturated rings. The fourth-order valence-corrected chi connectivity index (χ4v) is 8.90. The maximum atomic E-state index is 16.0. The molecular formula is C22H24FN11O8P2S2. The van der Waals surface area contributed by atoms with E-state index in [1.807, 2.05) is 0 Å². The Balaban J connectivity index is 1.03. The number of anilines is 2. The van der Waals surface area contributed by atoms with Gasteiger partial charge in [-0.2, -0.15) is 0 Å². The first kappa shape index (κ1) is 30.5. The van der Waals surface area contributed by atoms with Gasteiger partial charge in [-0.25, -0.2) is 33.5 Å². The molecule has 8 rings (SSSR count). The summed E-state index contributed by atoms with van der Waals surface area (Å²) in [7, 11) is 0. The average Bonchev–Trinajstić information content (AvgIpc) is 3.79. The molecule has 4 aliphatic heterocycles. The van der Waals surface area contributed by atoms with Gasteiger partial charge in [0.05, 0.1) is 32.5 Å². The Morgan fingerprint density at radius 3 is 2.65 bits per heavy atom. The van der Waals surface area contributed by atoms with Gasteiger partial charge in [0.1, 0.15) is 29.9 Å². The van der Waals surface area contributed by atoms with Gasteiger partial charge in [-0.15, -0.1) is 10.2 Å². The zero-order chi connectivity index (χ0) is 32.0. The van der Waals surface area contributed by atoms with Gasteiger partial charge in [0.15, 0.2) is 41.4 Å². The first-order valence-electron chi connectivity index (χ1n) is 13.9. The van der Waals surface area contributed by atoms with Crippen LogP contribution in [0.3, 0.4) is 0 Å². The molecule has 0 amide bonds. The fourth-order valence-electron chi connectivity index (χ4n) is 6.20. The summed E-state index contributed by atoms with van der Waals surface area (Å²) in [6.07, 6.45) is -1.70. The lowest BCUT2D eigenvalue weighted by atomic mass is 9.70. The number of ketones is 1. The number of halogens is 1. The summed E-state index contributed by atoms with van der Waals surface area (Å²) >= 11 is 8.25. The number of carbonyl (C=O) groups excluding carboxylic acids is 1. The van der Waals surface area contributed by atoms with Gasteiger partial charge in [0.25, 0.3) is 0 Å². The van der Waals surface area contributed by atoms with Crippen LogP contribution in [0.5, 0.6) is 0 Å². The summed E-state index contributed by atoms with van der Waals surface area (Å²) in [5.74, 6) is -0.289. The van der Waals surface area contributed by atoms with Gasteiger partial charge in [0.2, 0.25) is 5.78 Å². The third kappa shape index (κ3) is 5.10. The van der Waals surface area contributed by atoms with Crippen molar-refractivity contribution in [2.75, 3.05) is 30.9 Å². The van der Waals surface area contributed by atoms with Crippen molar-refractivity contribution < 1.29 is 41.1 Å². The number of nitrogen functional groups attached to an aromatic ring is 1. The number of fused-ring (bicyclic) bond motifs is 5. The first-order chi connectivity index (χ1) is 22.0. The van der Waals surface area contributed by atoms with E-state index in [9.17, 15) is 13.9 Å². The Hall–Kier alpha value is -2.81. The van der Waals surface area contributed by atoms with E-state index in [-0.39, 0.29) is 59.5 Å². The summed E-state index contributed by atoms with van der Waals surface area (Å²) in [6.45, 7) is -9.01. The number of nitrogens with zero attached hydrogens (tertiary/aromatic N) is 9. The van der Waals surface area contributed by atoms with Gasteiger partial charge in [-0.1, -0.05) is 24.5 Å². The predicted molar refractivity (Wildman–Crippen MR) is 161 cm³/mol. The van der Waals surface area contributed by atoms with Gasteiger partial charge in [-0.3, -0.25) is 18.4 Å². The molecule has 0 aromatic carbocycles. The molecule has 3 N–H and O–H groups in total. The molecular weight excluding hydrogens is 691 g/mol. The lowest BCUT2D eigenvalue weighted by Crippen LogP contribution is -2.44. The average molecular weight is 716 g/mol. The molecule has 5 aliphatic rings. The molecule has 19 nitrogen and oxygen atoms in total. The second-order valence-corrected chi connectivity index (χ2v) is 16.9. The first-order valence-corrected chi connectivity index (χ1v) is 19.2. The Kier molecular flexibility index (Phi) is 7.39. The molecule has 3 aromatic rings. The standard InChI is InChI=1S/C22H24FN11O8P2S2/c23-12-17-11(41-22(12)34-7-28-15-18(24)25-5-26-20(15)34)4-40-43(36,45)39-3-9-8(2-38-44(37,46)42-17)1-10(9)33-6-27-14-16(35)13-19(29-21(14)33)31-32-30-13/h5-13,17,22H,1-4H2,(H,36,45)(H,37,46)(H2,24,25,26)(H,29,30,31)/t8-,9-,10-,11-,12-,13?,17-,22-,43-,44-/m1/s1. The lowest BCUT2D eigenvalue weighted by Gasteiger charge is -2.45. The van der Waals surface area contributed by atoms with Crippen molar-refractivity contribution in [2.24, 2.45) is 27.3 Å². The van der Waals surface area contributed by atoms with E-state index in [2.05, 4.69) is 65.2 Å². The number of ether oxygens (including phenoxy) is 1. The normalized spacial score (nSPS) is 39.1. The number of rotatable bonds is 2. The second-order valence-electron chi connectivity index (χ2n) is 11.1. The van der Waals surface area contributed by atoms with E-state index in [0.29, 0.717) is 12.2 Å². The highest BCUT2D eigenvalue weighted by Crippen LogP contribution is 2.61. The van der Waals surface area contributed by atoms with Crippen LogP contribution >= 0.6 is 38.1 Å². The van der Waals surface area contributed by atoms with Crippen LogP contribution in [-0.4, -0.2) is 84.9 Å². The van der Waals surface area contributed by atoms with Crippen molar-refractivity contribution in [3.8, 4) is 0 Å². The molecule has 244 valence electrons. The molecule has 0 radical (unpaired) electrons. The number of alkyl halides is 1. The zero-order valence-corrected chi connectivity index (χ0v) is 26.8. The molecule has 1 saturated carbocycles. The van der Waals surface area contributed by atoms with E-state index < -0.39 is 56.8 Å². The highest BCUT2D eigenvalue weighted by atomic mass is 32.7. The Morgan fingerprint density at radius 2 is 1.80 bits per heavy atom. The second kappa shape index (κ2) is 11.1. The number of imidazole rings is 2. The van der Waals surface area contributed by atoms with E-state index in [4.69, 9.17) is 28.6 Å². The molecule has 0 bridgehead atoms. The minimum absolute atomic E-state index is 0.0821. The molecule has 3 aromatic heterocycles. The molecule has 46 heavy (non-hydrogen) atoms. The summed E-state index contributed by atoms with van der Waals surface area (Å²) in [4.78, 5) is 29.3. The minimum Gasteiger partial charge on any atom is -0.382 e. The zero-order valence-electron chi connectivity index (χ0n) is 23.2. The van der Waals surface area contributed by atoms with Crippen LogP contribution in [0, 0.1) is 11.8 Å². The monoisotopic (exact) mass is 715 g/mol. The van der Waals surface area contributed by atoms with Gasteiger partial charge >= 0.3 is 13.6 Å².